The second-order valence-corrected chi connectivity index (χ2v) is 4.66. The smallest absolute Gasteiger partial charge is 0.226 e. The largest absolute Gasteiger partial charge is 0.391 e. The Hall–Kier alpha value is -0.610. The van der Waals surface area contributed by atoms with E-state index in [1.54, 1.807) is 0 Å². The minimum Gasteiger partial charge on any atom is -0.391 e. The summed E-state index contributed by atoms with van der Waals surface area (Å²) in [6, 6.07) is 0. The topological polar surface area (TPSA) is 61.4 Å². The van der Waals surface area contributed by atoms with Crippen LogP contribution in [0.25, 0.3) is 0 Å². The molecule has 3 N–H and O–H groups in total. The number of amides is 1. The first-order valence-corrected chi connectivity index (χ1v) is 6.31. The standard InChI is InChI=1S/C12H24N2O2/c1-3-10(15)9-14-11(16)12(4-2)5-7-13-8-6-12/h10,13,15H,3-9H2,1-2H3,(H,14,16). The predicted molar refractivity (Wildman–Crippen MR) is 64.1 cm³/mol. The van der Waals surface area contributed by atoms with E-state index in [1.165, 1.54) is 0 Å². The maximum absolute atomic E-state index is 12.1. The van der Waals surface area contributed by atoms with Gasteiger partial charge in [0.15, 0.2) is 0 Å². The summed E-state index contributed by atoms with van der Waals surface area (Å²) < 4.78 is 0. The van der Waals surface area contributed by atoms with Gasteiger partial charge in [0.25, 0.3) is 0 Å². The number of aliphatic hydroxyl groups excluding tert-OH is 1. The number of carbonyl (C=O) groups excluding carboxylic acids is 1. The molecule has 1 unspecified atom stereocenters. The monoisotopic (exact) mass is 228 g/mol. The summed E-state index contributed by atoms with van der Waals surface area (Å²) in [5, 5.41) is 15.6. The number of aliphatic hydroxyl groups is 1. The Morgan fingerprint density at radius 2 is 2.06 bits per heavy atom. The summed E-state index contributed by atoms with van der Waals surface area (Å²) in [5.41, 5.74) is -0.210. The van der Waals surface area contributed by atoms with Crippen LogP contribution in [0.15, 0.2) is 0 Å². The molecule has 16 heavy (non-hydrogen) atoms. The van der Waals surface area contributed by atoms with E-state index in [2.05, 4.69) is 17.6 Å². The number of hydrogen-bond acceptors (Lipinski definition) is 3. The Morgan fingerprint density at radius 3 is 2.56 bits per heavy atom. The zero-order chi connectivity index (χ0) is 12.0. The van der Waals surface area contributed by atoms with Gasteiger partial charge in [-0.3, -0.25) is 4.79 Å². The molecule has 0 aromatic carbocycles. The molecule has 0 saturated carbocycles. The van der Waals surface area contributed by atoms with E-state index in [0.29, 0.717) is 13.0 Å². The van der Waals surface area contributed by atoms with Gasteiger partial charge in [0.1, 0.15) is 0 Å². The van der Waals surface area contributed by atoms with Crippen molar-refractivity contribution in [2.24, 2.45) is 5.41 Å². The van der Waals surface area contributed by atoms with Crippen molar-refractivity contribution in [1.82, 2.24) is 10.6 Å². The molecule has 0 aromatic heterocycles. The maximum Gasteiger partial charge on any atom is 0.226 e. The van der Waals surface area contributed by atoms with E-state index < -0.39 is 6.10 Å². The highest BCUT2D eigenvalue weighted by Gasteiger charge is 2.37. The SMILES string of the molecule is CCC(O)CNC(=O)C1(CC)CCNCC1. The van der Waals surface area contributed by atoms with Gasteiger partial charge in [0.05, 0.1) is 11.5 Å². The Balaban J connectivity index is 2.48. The molecule has 4 nitrogen and oxygen atoms in total. The molecular weight excluding hydrogens is 204 g/mol. The third kappa shape index (κ3) is 3.19. The van der Waals surface area contributed by atoms with Gasteiger partial charge < -0.3 is 15.7 Å². The normalized spacial score (nSPS) is 21.4. The lowest BCUT2D eigenvalue weighted by molar-refractivity contribution is -0.133. The molecule has 0 radical (unpaired) electrons. The van der Waals surface area contributed by atoms with E-state index in [0.717, 1.165) is 32.4 Å². The number of rotatable bonds is 5. The molecular formula is C12H24N2O2. The first kappa shape index (κ1) is 13.5. The van der Waals surface area contributed by atoms with E-state index in [9.17, 15) is 9.90 Å². The third-order valence-corrected chi connectivity index (χ3v) is 3.69. The molecule has 1 saturated heterocycles. The molecule has 1 aliphatic heterocycles. The zero-order valence-electron chi connectivity index (χ0n) is 10.4. The van der Waals surface area contributed by atoms with E-state index >= 15 is 0 Å². The van der Waals surface area contributed by atoms with E-state index in [-0.39, 0.29) is 11.3 Å². The lowest BCUT2D eigenvalue weighted by Gasteiger charge is -2.35. The van der Waals surface area contributed by atoms with Gasteiger partial charge in [-0.1, -0.05) is 13.8 Å². The highest BCUT2D eigenvalue weighted by Crippen LogP contribution is 2.32. The first-order chi connectivity index (χ1) is 7.64. The van der Waals surface area contributed by atoms with Crippen molar-refractivity contribution in [1.29, 1.82) is 0 Å². The molecule has 1 atom stereocenters. The van der Waals surface area contributed by atoms with Gasteiger partial charge in [-0.2, -0.15) is 0 Å². The zero-order valence-corrected chi connectivity index (χ0v) is 10.4. The number of carbonyl (C=O) groups is 1. The van der Waals surface area contributed by atoms with Gasteiger partial charge >= 0.3 is 0 Å². The molecule has 0 aromatic rings. The average Bonchev–Trinajstić information content (AvgIpc) is 2.36. The van der Waals surface area contributed by atoms with Crippen molar-refractivity contribution >= 4 is 5.91 Å². The Labute approximate surface area is 97.8 Å². The summed E-state index contributed by atoms with van der Waals surface area (Å²) in [6.45, 7) is 6.19. The Kier molecular flexibility index (Phi) is 5.22. The summed E-state index contributed by atoms with van der Waals surface area (Å²) in [4.78, 5) is 12.1. The molecule has 0 spiro atoms. The van der Waals surface area contributed by atoms with Crippen LogP contribution in [0.5, 0.6) is 0 Å². The van der Waals surface area contributed by atoms with Crippen LogP contribution < -0.4 is 10.6 Å². The van der Waals surface area contributed by atoms with E-state index in [1.807, 2.05) is 6.92 Å². The molecule has 4 heteroatoms. The van der Waals surface area contributed by atoms with Crippen molar-refractivity contribution < 1.29 is 9.90 Å². The summed E-state index contributed by atoms with van der Waals surface area (Å²) >= 11 is 0. The minimum atomic E-state index is -0.417. The van der Waals surface area contributed by atoms with Crippen LogP contribution in [0.2, 0.25) is 0 Å². The van der Waals surface area contributed by atoms with Crippen molar-refractivity contribution in [3.63, 3.8) is 0 Å². The minimum absolute atomic E-state index is 0.115. The van der Waals surface area contributed by atoms with Gasteiger partial charge in [-0.05, 0) is 38.8 Å². The van der Waals surface area contributed by atoms with Crippen LogP contribution in [0.1, 0.15) is 39.5 Å². The number of piperidine rings is 1. The van der Waals surface area contributed by atoms with Crippen LogP contribution in [0, 0.1) is 5.41 Å². The molecule has 1 rings (SSSR count). The van der Waals surface area contributed by atoms with Crippen LogP contribution >= 0.6 is 0 Å². The fraction of sp³-hybridized carbons (Fsp3) is 0.917. The fourth-order valence-electron chi connectivity index (χ4n) is 2.19. The van der Waals surface area contributed by atoms with Crippen LogP contribution in [0.4, 0.5) is 0 Å². The van der Waals surface area contributed by atoms with Gasteiger partial charge in [0.2, 0.25) is 5.91 Å². The third-order valence-electron chi connectivity index (χ3n) is 3.69. The number of hydrogen-bond donors (Lipinski definition) is 3. The molecule has 1 fully saturated rings. The molecule has 1 heterocycles. The number of nitrogens with one attached hydrogen (secondary N) is 2. The summed E-state index contributed by atoms with van der Waals surface area (Å²) in [7, 11) is 0. The maximum atomic E-state index is 12.1. The Bertz CT molecular complexity index is 225. The lowest BCUT2D eigenvalue weighted by Crippen LogP contribution is -2.48. The summed E-state index contributed by atoms with van der Waals surface area (Å²) in [5.74, 6) is 0.115. The van der Waals surface area contributed by atoms with Crippen molar-refractivity contribution in [2.45, 2.75) is 45.6 Å². The van der Waals surface area contributed by atoms with Crippen LogP contribution in [0.3, 0.4) is 0 Å². The lowest BCUT2D eigenvalue weighted by atomic mass is 9.76. The van der Waals surface area contributed by atoms with Crippen molar-refractivity contribution in [2.75, 3.05) is 19.6 Å². The Morgan fingerprint density at radius 1 is 1.44 bits per heavy atom. The van der Waals surface area contributed by atoms with Crippen LogP contribution in [-0.4, -0.2) is 36.8 Å². The highest BCUT2D eigenvalue weighted by atomic mass is 16.3. The van der Waals surface area contributed by atoms with Crippen LogP contribution in [-0.2, 0) is 4.79 Å². The quantitative estimate of drug-likeness (QED) is 0.647. The predicted octanol–water partition coefficient (Wildman–Crippen LogP) is 0.653. The van der Waals surface area contributed by atoms with Gasteiger partial charge in [-0.25, -0.2) is 0 Å². The molecule has 94 valence electrons. The molecule has 1 aliphatic rings. The average molecular weight is 228 g/mol. The second kappa shape index (κ2) is 6.21. The van der Waals surface area contributed by atoms with Crippen molar-refractivity contribution in [3.8, 4) is 0 Å². The van der Waals surface area contributed by atoms with Gasteiger partial charge in [-0.15, -0.1) is 0 Å². The van der Waals surface area contributed by atoms with E-state index in [4.69, 9.17) is 0 Å². The molecule has 1 amide bonds. The fourth-order valence-corrected chi connectivity index (χ4v) is 2.19. The van der Waals surface area contributed by atoms with Gasteiger partial charge in [0, 0.05) is 6.54 Å². The summed E-state index contributed by atoms with van der Waals surface area (Å²) in [6.07, 6.45) is 2.94. The second-order valence-electron chi connectivity index (χ2n) is 4.66. The first-order valence-electron chi connectivity index (χ1n) is 6.31. The van der Waals surface area contributed by atoms with Crippen molar-refractivity contribution in [3.05, 3.63) is 0 Å². The molecule has 0 aliphatic carbocycles. The molecule has 0 bridgehead atoms. The highest BCUT2D eigenvalue weighted by molar-refractivity contribution is 5.82.